The van der Waals surface area contributed by atoms with Crippen molar-refractivity contribution < 1.29 is 29.3 Å². The molecule has 6 heteroatoms. The summed E-state index contributed by atoms with van der Waals surface area (Å²) in [5.41, 5.74) is 1.77. The second-order valence-electron chi connectivity index (χ2n) is 9.71. The first-order valence-electron chi connectivity index (χ1n) is 11.5. The van der Waals surface area contributed by atoms with Crippen molar-refractivity contribution in [1.82, 2.24) is 0 Å². The fourth-order valence-corrected chi connectivity index (χ4v) is 5.72. The number of fused-ring (bicyclic) bond motifs is 1. The standard InChI is InChI=1S/C25H40O6/c1-17(20(27)15-26)11-13-24(4)18(2)12-14-25(19(3)7-6-8-21(24)25)16-31-23(29)10-9-22(28)30-5/h7,18,20-21,26-27H,1,6,8-16H2,2-5H3/t18-,20-,21-,24+,25-/m1/s1. The number of hydrogen-bond donors (Lipinski definition) is 2. The van der Waals surface area contributed by atoms with Crippen molar-refractivity contribution in [1.29, 1.82) is 0 Å². The Balaban J connectivity index is 2.18. The smallest absolute Gasteiger partial charge is 0.306 e. The van der Waals surface area contributed by atoms with Gasteiger partial charge in [-0.15, -0.1) is 0 Å². The zero-order chi connectivity index (χ0) is 23.2. The van der Waals surface area contributed by atoms with Crippen LogP contribution >= 0.6 is 0 Å². The third kappa shape index (κ3) is 5.58. The summed E-state index contributed by atoms with van der Waals surface area (Å²) in [6.45, 7) is 10.8. The summed E-state index contributed by atoms with van der Waals surface area (Å²) in [5, 5.41) is 19.2. The van der Waals surface area contributed by atoms with Gasteiger partial charge in [0.05, 0.1) is 32.7 Å². The van der Waals surface area contributed by atoms with Crippen molar-refractivity contribution in [3.05, 3.63) is 23.8 Å². The highest BCUT2D eigenvalue weighted by molar-refractivity contribution is 5.77. The van der Waals surface area contributed by atoms with Gasteiger partial charge >= 0.3 is 11.9 Å². The molecule has 0 bridgehead atoms. The molecule has 0 heterocycles. The molecule has 0 saturated heterocycles. The summed E-state index contributed by atoms with van der Waals surface area (Å²) in [6, 6.07) is 0. The number of aliphatic hydroxyl groups excluding tert-OH is 2. The van der Waals surface area contributed by atoms with Crippen LogP contribution < -0.4 is 0 Å². The van der Waals surface area contributed by atoms with Crippen LogP contribution in [0.15, 0.2) is 23.8 Å². The highest BCUT2D eigenvalue weighted by Crippen LogP contribution is 2.62. The van der Waals surface area contributed by atoms with Crippen molar-refractivity contribution in [2.45, 2.75) is 78.2 Å². The molecule has 2 N–H and O–H groups in total. The number of methoxy groups -OCH3 is 1. The molecule has 176 valence electrons. The number of allylic oxidation sites excluding steroid dienone is 1. The van der Waals surface area contributed by atoms with E-state index >= 15 is 0 Å². The van der Waals surface area contributed by atoms with Crippen LogP contribution in [0, 0.1) is 22.7 Å². The quantitative estimate of drug-likeness (QED) is 0.398. The van der Waals surface area contributed by atoms with Gasteiger partial charge in [0, 0.05) is 5.41 Å². The Morgan fingerprint density at radius 3 is 2.58 bits per heavy atom. The monoisotopic (exact) mass is 436 g/mol. The lowest BCUT2D eigenvalue weighted by Crippen LogP contribution is -2.53. The van der Waals surface area contributed by atoms with E-state index in [0.717, 1.165) is 32.1 Å². The summed E-state index contributed by atoms with van der Waals surface area (Å²) >= 11 is 0. The Morgan fingerprint density at radius 2 is 1.94 bits per heavy atom. The van der Waals surface area contributed by atoms with Crippen LogP contribution in [0.2, 0.25) is 0 Å². The highest BCUT2D eigenvalue weighted by atomic mass is 16.5. The Labute approximate surface area is 186 Å². The van der Waals surface area contributed by atoms with Gasteiger partial charge in [-0.25, -0.2) is 0 Å². The normalized spacial score (nSPS) is 31.2. The topological polar surface area (TPSA) is 93.1 Å². The number of carbonyl (C=O) groups excluding carboxylic acids is 2. The minimum absolute atomic E-state index is 0.00428. The minimum atomic E-state index is -0.879. The third-order valence-corrected chi connectivity index (χ3v) is 8.18. The minimum Gasteiger partial charge on any atom is -0.469 e. The average molecular weight is 437 g/mol. The molecule has 0 radical (unpaired) electrons. The maximum Gasteiger partial charge on any atom is 0.306 e. The van der Waals surface area contributed by atoms with Gasteiger partial charge in [0.1, 0.15) is 6.61 Å². The first-order valence-corrected chi connectivity index (χ1v) is 11.5. The molecule has 0 aromatic heterocycles. The van der Waals surface area contributed by atoms with E-state index < -0.39 is 12.1 Å². The van der Waals surface area contributed by atoms with Crippen molar-refractivity contribution in [3.8, 4) is 0 Å². The first kappa shape index (κ1) is 25.6. The van der Waals surface area contributed by atoms with Crippen LogP contribution in [0.1, 0.15) is 72.1 Å². The third-order valence-electron chi connectivity index (χ3n) is 8.18. The van der Waals surface area contributed by atoms with Gasteiger partial charge in [-0.2, -0.15) is 0 Å². The summed E-state index contributed by atoms with van der Waals surface area (Å²) in [7, 11) is 1.31. The number of ether oxygens (including phenoxy) is 2. The van der Waals surface area contributed by atoms with Crippen LogP contribution in [-0.4, -0.2) is 48.6 Å². The molecule has 6 nitrogen and oxygen atoms in total. The van der Waals surface area contributed by atoms with E-state index in [9.17, 15) is 19.8 Å². The van der Waals surface area contributed by atoms with Gasteiger partial charge in [0.2, 0.25) is 0 Å². The van der Waals surface area contributed by atoms with E-state index in [4.69, 9.17) is 4.74 Å². The van der Waals surface area contributed by atoms with E-state index in [2.05, 4.69) is 38.2 Å². The molecule has 2 aliphatic carbocycles. The lowest BCUT2D eigenvalue weighted by molar-refractivity contribution is -0.156. The fourth-order valence-electron chi connectivity index (χ4n) is 5.72. The Bertz CT molecular complexity index is 698. The molecule has 5 atom stereocenters. The lowest BCUT2D eigenvalue weighted by Gasteiger charge is -2.59. The first-order chi connectivity index (χ1) is 14.6. The molecule has 1 saturated carbocycles. The number of aliphatic hydroxyl groups is 2. The summed E-state index contributed by atoms with van der Waals surface area (Å²) in [4.78, 5) is 23.7. The molecule has 0 aromatic rings. The van der Waals surface area contributed by atoms with Gasteiger partial charge in [0.15, 0.2) is 0 Å². The summed E-state index contributed by atoms with van der Waals surface area (Å²) in [5.74, 6) is 0.0645. The van der Waals surface area contributed by atoms with Crippen molar-refractivity contribution in [2.24, 2.45) is 22.7 Å². The number of esters is 2. The van der Waals surface area contributed by atoms with Crippen LogP contribution in [0.25, 0.3) is 0 Å². The SMILES string of the molecule is C=C(CC[C@@]1(C)[C@H](C)CC[C@@]2(COC(=O)CCC(=O)OC)C(C)=CCC[C@@H]21)[C@H](O)CO. The molecule has 0 spiro atoms. The largest absolute Gasteiger partial charge is 0.469 e. The Morgan fingerprint density at radius 1 is 1.26 bits per heavy atom. The Hall–Kier alpha value is -1.66. The molecule has 31 heavy (non-hydrogen) atoms. The maximum absolute atomic E-state index is 12.3. The highest BCUT2D eigenvalue weighted by Gasteiger charge is 2.55. The predicted molar refractivity (Wildman–Crippen MR) is 119 cm³/mol. The number of carbonyl (C=O) groups is 2. The van der Waals surface area contributed by atoms with Crippen molar-refractivity contribution in [3.63, 3.8) is 0 Å². The molecule has 2 rings (SSSR count). The molecular formula is C25H40O6. The van der Waals surface area contributed by atoms with Gasteiger partial charge in [-0.1, -0.05) is 32.1 Å². The van der Waals surface area contributed by atoms with E-state index in [0.29, 0.717) is 30.4 Å². The van der Waals surface area contributed by atoms with E-state index in [1.165, 1.54) is 12.7 Å². The summed E-state index contributed by atoms with van der Waals surface area (Å²) in [6.07, 6.45) is 7.06. The van der Waals surface area contributed by atoms with E-state index in [1.54, 1.807) is 0 Å². The second kappa shape index (κ2) is 10.8. The molecule has 0 aromatic carbocycles. The van der Waals surface area contributed by atoms with E-state index in [-0.39, 0.29) is 36.2 Å². The van der Waals surface area contributed by atoms with Gasteiger partial charge in [-0.05, 0) is 68.3 Å². The lowest BCUT2D eigenvalue weighted by atomic mass is 9.46. The van der Waals surface area contributed by atoms with Crippen LogP contribution in [0.3, 0.4) is 0 Å². The molecular weight excluding hydrogens is 396 g/mol. The van der Waals surface area contributed by atoms with Crippen LogP contribution in [0.5, 0.6) is 0 Å². The number of rotatable bonds is 10. The molecule has 2 aliphatic rings. The molecule has 0 unspecified atom stereocenters. The van der Waals surface area contributed by atoms with Crippen LogP contribution in [-0.2, 0) is 19.1 Å². The van der Waals surface area contributed by atoms with Crippen molar-refractivity contribution >= 4 is 11.9 Å². The second-order valence-corrected chi connectivity index (χ2v) is 9.71. The van der Waals surface area contributed by atoms with Crippen LogP contribution in [0.4, 0.5) is 0 Å². The fraction of sp³-hybridized carbons (Fsp3) is 0.760. The maximum atomic E-state index is 12.3. The van der Waals surface area contributed by atoms with Gasteiger partial charge in [-0.3, -0.25) is 9.59 Å². The van der Waals surface area contributed by atoms with Gasteiger partial charge in [0.25, 0.3) is 0 Å². The zero-order valence-electron chi connectivity index (χ0n) is 19.6. The van der Waals surface area contributed by atoms with Crippen molar-refractivity contribution in [2.75, 3.05) is 20.3 Å². The Kier molecular flexibility index (Phi) is 8.90. The number of hydrogen-bond acceptors (Lipinski definition) is 6. The summed E-state index contributed by atoms with van der Waals surface area (Å²) < 4.78 is 10.3. The zero-order valence-corrected chi connectivity index (χ0v) is 19.6. The molecule has 0 amide bonds. The van der Waals surface area contributed by atoms with E-state index in [1.807, 2.05) is 0 Å². The molecule has 1 fully saturated rings. The predicted octanol–water partition coefficient (Wildman–Crippen LogP) is 3.95. The molecule has 0 aliphatic heterocycles. The van der Waals surface area contributed by atoms with Gasteiger partial charge < -0.3 is 19.7 Å². The average Bonchev–Trinajstić information content (AvgIpc) is 2.77.